The van der Waals surface area contributed by atoms with Crippen molar-refractivity contribution >= 4 is 18.3 Å². The summed E-state index contributed by atoms with van der Waals surface area (Å²) in [4.78, 5) is 13.5. The van der Waals surface area contributed by atoms with Crippen molar-refractivity contribution in [2.45, 2.75) is 50.6 Å². The molecule has 1 amide bonds. The number of carbonyl (C=O) groups is 1. The summed E-state index contributed by atoms with van der Waals surface area (Å²) in [7, 11) is 0. The summed E-state index contributed by atoms with van der Waals surface area (Å²) in [5.74, 6) is 0.277. The van der Waals surface area contributed by atoms with Crippen molar-refractivity contribution in [1.29, 1.82) is 0 Å². The van der Waals surface area contributed by atoms with E-state index in [1.54, 1.807) is 0 Å². The molecular weight excluding hydrogens is 200 g/mol. The molecule has 1 atom stereocenters. The Morgan fingerprint density at radius 3 is 2.36 bits per heavy atom. The third kappa shape index (κ3) is 2.39. The molecular formula is C10H19ClN2O. The lowest BCUT2D eigenvalue weighted by Crippen LogP contribution is -2.39. The van der Waals surface area contributed by atoms with Crippen molar-refractivity contribution < 1.29 is 4.79 Å². The number of rotatable bonds is 1. The topological polar surface area (TPSA) is 46.3 Å². The third-order valence-corrected chi connectivity index (χ3v) is 3.20. The van der Waals surface area contributed by atoms with Gasteiger partial charge in [0.05, 0.1) is 0 Å². The molecule has 2 rings (SSSR count). The van der Waals surface area contributed by atoms with Crippen LogP contribution < -0.4 is 5.73 Å². The van der Waals surface area contributed by atoms with Crippen LogP contribution in [0.3, 0.4) is 0 Å². The van der Waals surface area contributed by atoms with Crippen molar-refractivity contribution in [3.05, 3.63) is 0 Å². The largest absolute Gasteiger partial charge is 0.338 e. The van der Waals surface area contributed by atoms with Gasteiger partial charge in [0.25, 0.3) is 0 Å². The van der Waals surface area contributed by atoms with Crippen LogP contribution >= 0.6 is 12.4 Å². The summed E-state index contributed by atoms with van der Waals surface area (Å²) in [5, 5.41) is 0. The molecule has 0 spiro atoms. The highest BCUT2D eigenvalue weighted by atomic mass is 35.5. The van der Waals surface area contributed by atoms with Crippen LogP contribution in [-0.2, 0) is 4.79 Å². The molecule has 0 radical (unpaired) electrons. The van der Waals surface area contributed by atoms with Gasteiger partial charge < -0.3 is 10.6 Å². The van der Waals surface area contributed by atoms with Gasteiger partial charge >= 0.3 is 0 Å². The monoisotopic (exact) mass is 218 g/mol. The molecule has 1 heterocycles. The van der Waals surface area contributed by atoms with E-state index in [4.69, 9.17) is 5.73 Å². The van der Waals surface area contributed by atoms with E-state index in [-0.39, 0.29) is 24.4 Å². The van der Waals surface area contributed by atoms with Crippen molar-refractivity contribution in [3.63, 3.8) is 0 Å². The minimum absolute atomic E-state index is 0. The zero-order valence-corrected chi connectivity index (χ0v) is 9.26. The highest BCUT2D eigenvalue weighted by Crippen LogP contribution is 2.25. The van der Waals surface area contributed by atoms with Crippen molar-refractivity contribution in [3.8, 4) is 0 Å². The van der Waals surface area contributed by atoms with E-state index in [2.05, 4.69) is 0 Å². The van der Waals surface area contributed by atoms with E-state index in [0.29, 0.717) is 12.5 Å². The predicted octanol–water partition coefficient (Wildman–Crippen LogP) is 1.30. The lowest BCUT2D eigenvalue weighted by molar-refractivity contribution is -0.130. The standard InChI is InChI=1S/C10H18N2O.ClH/c11-8-6-10(13)12(7-8)9-4-2-1-3-5-9;/h8-9H,1-7,11H2;1H. The zero-order chi connectivity index (χ0) is 9.26. The Bertz CT molecular complexity index is 204. The summed E-state index contributed by atoms with van der Waals surface area (Å²) >= 11 is 0. The summed E-state index contributed by atoms with van der Waals surface area (Å²) in [6.45, 7) is 0.795. The molecule has 1 unspecified atom stereocenters. The van der Waals surface area contributed by atoms with E-state index >= 15 is 0 Å². The van der Waals surface area contributed by atoms with Gasteiger partial charge in [-0.05, 0) is 12.8 Å². The second-order valence-electron chi connectivity index (χ2n) is 4.30. The third-order valence-electron chi connectivity index (χ3n) is 3.20. The van der Waals surface area contributed by atoms with Gasteiger partial charge in [-0.3, -0.25) is 4.79 Å². The summed E-state index contributed by atoms with van der Waals surface area (Å²) in [6, 6.07) is 0.601. The molecule has 2 fully saturated rings. The molecule has 0 aromatic heterocycles. The number of carbonyl (C=O) groups excluding carboxylic acids is 1. The predicted molar refractivity (Wildman–Crippen MR) is 58.4 cm³/mol. The number of hydrogen-bond donors (Lipinski definition) is 1. The Morgan fingerprint density at radius 2 is 1.86 bits per heavy atom. The Balaban J connectivity index is 0.000000980. The first kappa shape index (κ1) is 11.8. The maximum atomic E-state index is 11.5. The summed E-state index contributed by atoms with van der Waals surface area (Å²) < 4.78 is 0. The number of nitrogens with zero attached hydrogens (tertiary/aromatic N) is 1. The van der Waals surface area contributed by atoms with Crippen LogP contribution in [0, 0.1) is 0 Å². The van der Waals surface area contributed by atoms with Crippen molar-refractivity contribution in [2.24, 2.45) is 5.73 Å². The molecule has 4 heteroatoms. The van der Waals surface area contributed by atoms with Gasteiger partial charge in [0.1, 0.15) is 0 Å². The lowest BCUT2D eigenvalue weighted by Gasteiger charge is -2.31. The smallest absolute Gasteiger partial charge is 0.224 e. The molecule has 1 saturated carbocycles. The van der Waals surface area contributed by atoms with E-state index < -0.39 is 0 Å². The lowest BCUT2D eigenvalue weighted by atomic mass is 9.94. The summed E-state index contributed by atoms with van der Waals surface area (Å²) in [6.07, 6.45) is 6.85. The van der Waals surface area contributed by atoms with Crippen LogP contribution in [0.4, 0.5) is 0 Å². The first-order chi connectivity index (χ1) is 6.27. The van der Waals surface area contributed by atoms with Crippen molar-refractivity contribution in [1.82, 2.24) is 4.90 Å². The molecule has 82 valence electrons. The van der Waals surface area contributed by atoms with Crippen LogP contribution in [-0.4, -0.2) is 29.4 Å². The molecule has 1 saturated heterocycles. The van der Waals surface area contributed by atoms with E-state index in [1.165, 1.54) is 32.1 Å². The van der Waals surface area contributed by atoms with E-state index in [1.807, 2.05) is 4.90 Å². The molecule has 1 aliphatic carbocycles. The fourth-order valence-corrected chi connectivity index (χ4v) is 2.51. The molecule has 14 heavy (non-hydrogen) atoms. The Labute approximate surface area is 91.4 Å². The maximum Gasteiger partial charge on any atom is 0.224 e. The van der Waals surface area contributed by atoms with E-state index in [0.717, 1.165) is 6.54 Å². The minimum atomic E-state index is 0. The quantitative estimate of drug-likeness (QED) is 0.721. The number of likely N-dealkylation sites (tertiary alicyclic amines) is 1. The molecule has 2 N–H and O–H groups in total. The van der Waals surface area contributed by atoms with Gasteiger partial charge in [-0.2, -0.15) is 0 Å². The van der Waals surface area contributed by atoms with Crippen LogP contribution in [0.1, 0.15) is 38.5 Å². The molecule has 0 aromatic carbocycles. The zero-order valence-electron chi connectivity index (χ0n) is 8.45. The van der Waals surface area contributed by atoms with Crippen LogP contribution in [0.2, 0.25) is 0 Å². The van der Waals surface area contributed by atoms with Gasteiger partial charge in [-0.1, -0.05) is 19.3 Å². The fourth-order valence-electron chi connectivity index (χ4n) is 2.51. The second-order valence-corrected chi connectivity index (χ2v) is 4.30. The molecule has 2 aliphatic rings. The SMILES string of the molecule is Cl.NC1CC(=O)N(C2CCCCC2)C1. The highest BCUT2D eigenvalue weighted by molar-refractivity contribution is 5.85. The average Bonchev–Trinajstić information content (AvgIpc) is 2.47. The van der Waals surface area contributed by atoms with Gasteiger partial charge in [-0.25, -0.2) is 0 Å². The molecule has 0 bridgehead atoms. The molecule has 3 nitrogen and oxygen atoms in total. The van der Waals surface area contributed by atoms with Crippen molar-refractivity contribution in [2.75, 3.05) is 6.54 Å². The van der Waals surface area contributed by atoms with Crippen LogP contribution in [0.15, 0.2) is 0 Å². The minimum Gasteiger partial charge on any atom is -0.338 e. The maximum absolute atomic E-state index is 11.5. The summed E-state index contributed by atoms with van der Waals surface area (Å²) in [5.41, 5.74) is 5.76. The number of hydrogen-bond acceptors (Lipinski definition) is 2. The number of amides is 1. The fraction of sp³-hybridized carbons (Fsp3) is 0.900. The van der Waals surface area contributed by atoms with Gasteiger partial charge in [0.15, 0.2) is 0 Å². The average molecular weight is 219 g/mol. The number of nitrogens with two attached hydrogens (primary N) is 1. The Kier molecular flexibility index (Phi) is 4.20. The molecule has 0 aromatic rings. The highest BCUT2D eigenvalue weighted by Gasteiger charge is 2.32. The van der Waals surface area contributed by atoms with E-state index in [9.17, 15) is 4.79 Å². The number of halogens is 1. The van der Waals surface area contributed by atoms with Gasteiger partial charge in [0, 0.05) is 25.0 Å². The van der Waals surface area contributed by atoms with Crippen LogP contribution in [0.25, 0.3) is 0 Å². The van der Waals surface area contributed by atoms with Gasteiger partial charge in [0.2, 0.25) is 5.91 Å². The van der Waals surface area contributed by atoms with Gasteiger partial charge in [-0.15, -0.1) is 12.4 Å². The first-order valence-electron chi connectivity index (χ1n) is 5.32. The normalized spacial score (nSPS) is 29.1. The Hall–Kier alpha value is -0.280. The Morgan fingerprint density at radius 1 is 1.21 bits per heavy atom. The second kappa shape index (κ2) is 4.99. The molecule has 1 aliphatic heterocycles. The van der Waals surface area contributed by atoms with Crippen LogP contribution in [0.5, 0.6) is 0 Å². The first-order valence-corrected chi connectivity index (χ1v) is 5.32.